The fourth-order valence-electron chi connectivity index (χ4n) is 0.918. The van der Waals surface area contributed by atoms with Gasteiger partial charge in [-0.15, -0.1) is 0 Å². The van der Waals surface area contributed by atoms with Crippen molar-refractivity contribution in [3.05, 3.63) is 24.0 Å². The topological polar surface area (TPSA) is 157 Å². The van der Waals surface area contributed by atoms with Gasteiger partial charge in [0.15, 0.2) is 6.29 Å². The molecule has 0 radical (unpaired) electrons. The first-order valence-corrected chi connectivity index (χ1v) is 5.23. The lowest BCUT2D eigenvalue weighted by Crippen LogP contribution is -2.31. The van der Waals surface area contributed by atoms with Crippen LogP contribution in [-0.4, -0.2) is 39.4 Å². The van der Waals surface area contributed by atoms with E-state index in [4.69, 9.17) is 21.7 Å². The van der Waals surface area contributed by atoms with E-state index in [0.29, 0.717) is 6.29 Å². The summed E-state index contributed by atoms with van der Waals surface area (Å²) in [7, 11) is 0. The molecule has 1 atom stereocenters. The SMILES string of the molecule is NC(=O)CC[C@H](N)C(=O)O.O=Cc1ccncc1O. The van der Waals surface area contributed by atoms with Crippen molar-refractivity contribution < 1.29 is 24.6 Å². The minimum absolute atomic E-state index is 0.0213. The van der Waals surface area contributed by atoms with Gasteiger partial charge in [0.05, 0.1) is 11.8 Å². The number of amides is 1. The van der Waals surface area contributed by atoms with Gasteiger partial charge in [0.25, 0.3) is 0 Å². The van der Waals surface area contributed by atoms with E-state index in [2.05, 4.69) is 4.98 Å². The van der Waals surface area contributed by atoms with Gasteiger partial charge in [0.1, 0.15) is 11.8 Å². The van der Waals surface area contributed by atoms with Gasteiger partial charge < -0.3 is 21.7 Å². The second-order valence-corrected chi connectivity index (χ2v) is 3.50. The number of primary amides is 1. The number of aromatic hydroxyl groups is 1. The van der Waals surface area contributed by atoms with E-state index >= 15 is 0 Å². The van der Waals surface area contributed by atoms with Crippen LogP contribution in [0.4, 0.5) is 0 Å². The van der Waals surface area contributed by atoms with Gasteiger partial charge in [-0.25, -0.2) is 0 Å². The number of aromatic nitrogens is 1. The van der Waals surface area contributed by atoms with E-state index in [9.17, 15) is 14.4 Å². The number of hydrogen-bond acceptors (Lipinski definition) is 6. The second-order valence-electron chi connectivity index (χ2n) is 3.50. The average molecular weight is 269 g/mol. The van der Waals surface area contributed by atoms with Crippen LogP contribution in [0.2, 0.25) is 0 Å². The monoisotopic (exact) mass is 269 g/mol. The summed E-state index contributed by atoms with van der Waals surface area (Å²) in [6.07, 6.45) is 3.38. The third kappa shape index (κ3) is 7.45. The van der Waals surface area contributed by atoms with Gasteiger partial charge in [0, 0.05) is 12.6 Å². The number of aliphatic carboxylic acids is 1. The summed E-state index contributed by atoms with van der Waals surface area (Å²) < 4.78 is 0. The molecule has 6 N–H and O–H groups in total. The summed E-state index contributed by atoms with van der Waals surface area (Å²) in [5, 5.41) is 17.0. The number of carboxylic acid groups (broad SMARTS) is 1. The third-order valence-electron chi connectivity index (χ3n) is 1.98. The Bertz CT molecular complexity index is 450. The van der Waals surface area contributed by atoms with Crippen molar-refractivity contribution in [3.63, 3.8) is 0 Å². The fraction of sp³-hybridized carbons (Fsp3) is 0.273. The van der Waals surface area contributed by atoms with Gasteiger partial charge in [-0.1, -0.05) is 0 Å². The summed E-state index contributed by atoms with van der Waals surface area (Å²) in [6, 6.07) is 0.468. The summed E-state index contributed by atoms with van der Waals surface area (Å²) >= 11 is 0. The van der Waals surface area contributed by atoms with Crippen LogP contribution in [0.3, 0.4) is 0 Å². The molecule has 0 aromatic carbocycles. The fourth-order valence-corrected chi connectivity index (χ4v) is 0.918. The zero-order chi connectivity index (χ0) is 14.8. The molecular formula is C11H15N3O5. The van der Waals surface area contributed by atoms with Crippen LogP contribution in [0.5, 0.6) is 5.75 Å². The van der Waals surface area contributed by atoms with Crippen LogP contribution in [-0.2, 0) is 9.59 Å². The molecule has 0 bridgehead atoms. The Hall–Kier alpha value is -2.48. The van der Waals surface area contributed by atoms with Crippen molar-refractivity contribution >= 4 is 18.2 Å². The van der Waals surface area contributed by atoms with E-state index in [1.54, 1.807) is 0 Å². The lowest BCUT2D eigenvalue weighted by Gasteiger charge is -2.01. The number of carbonyl (C=O) groups excluding carboxylic acids is 2. The number of nitrogens with two attached hydrogens (primary N) is 2. The molecule has 0 aliphatic rings. The van der Waals surface area contributed by atoms with Crippen molar-refractivity contribution in [1.29, 1.82) is 0 Å². The lowest BCUT2D eigenvalue weighted by molar-refractivity contribution is -0.138. The molecule has 0 aliphatic heterocycles. The van der Waals surface area contributed by atoms with E-state index in [0.717, 1.165) is 0 Å². The number of carbonyl (C=O) groups is 3. The predicted molar refractivity (Wildman–Crippen MR) is 65.3 cm³/mol. The number of aldehydes is 1. The maximum absolute atomic E-state index is 10.1. The maximum Gasteiger partial charge on any atom is 0.320 e. The van der Waals surface area contributed by atoms with Crippen LogP contribution >= 0.6 is 0 Å². The van der Waals surface area contributed by atoms with E-state index < -0.39 is 17.9 Å². The highest BCUT2D eigenvalue weighted by molar-refractivity contribution is 5.78. The van der Waals surface area contributed by atoms with Gasteiger partial charge in [-0.3, -0.25) is 19.4 Å². The van der Waals surface area contributed by atoms with Gasteiger partial charge in [-0.05, 0) is 12.5 Å². The Morgan fingerprint density at radius 1 is 1.47 bits per heavy atom. The first-order valence-electron chi connectivity index (χ1n) is 5.23. The van der Waals surface area contributed by atoms with Gasteiger partial charge >= 0.3 is 5.97 Å². The molecule has 0 aliphatic carbocycles. The van der Waals surface area contributed by atoms with Crippen LogP contribution in [0.1, 0.15) is 23.2 Å². The van der Waals surface area contributed by atoms with Gasteiger partial charge in [-0.2, -0.15) is 0 Å². The lowest BCUT2D eigenvalue weighted by atomic mass is 10.2. The van der Waals surface area contributed by atoms with E-state index in [-0.39, 0.29) is 24.2 Å². The molecule has 0 fully saturated rings. The molecule has 0 unspecified atom stereocenters. The third-order valence-corrected chi connectivity index (χ3v) is 1.98. The zero-order valence-corrected chi connectivity index (χ0v) is 10.0. The minimum Gasteiger partial charge on any atom is -0.506 e. The molecule has 104 valence electrons. The molecule has 19 heavy (non-hydrogen) atoms. The van der Waals surface area contributed by atoms with E-state index in [1.165, 1.54) is 18.5 Å². The van der Waals surface area contributed by atoms with Crippen LogP contribution in [0.15, 0.2) is 18.5 Å². The smallest absolute Gasteiger partial charge is 0.320 e. The van der Waals surface area contributed by atoms with Crippen molar-refractivity contribution in [2.24, 2.45) is 11.5 Å². The van der Waals surface area contributed by atoms with Crippen molar-refractivity contribution in [2.45, 2.75) is 18.9 Å². The first-order chi connectivity index (χ1) is 8.88. The molecule has 0 saturated heterocycles. The Morgan fingerprint density at radius 2 is 2.11 bits per heavy atom. The Morgan fingerprint density at radius 3 is 2.47 bits per heavy atom. The summed E-state index contributed by atoms with van der Waals surface area (Å²) in [5.41, 5.74) is 10.1. The molecule has 1 aromatic rings. The molecule has 1 heterocycles. The molecule has 8 heteroatoms. The highest BCUT2D eigenvalue weighted by Crippen LogP contribution is 2.09. The molecule has 0 spiro atoms. The number of nitrogens with zero attached hydrogens (tertiary/aromatic N) is 1. The zero-order valence-electron chi connectivity index (χ0n) is 10.0. The van der Waals surface area contributed by atoms with Crippen LogP contribution < -0.4 is 11.5 Å². The first kappa shape index (κ1) is 16.5. The number of rotatable bonds is 5. The Kier molecular flexibility index (Phi) is 7.47. The quantitative estimate of drug-likeness (QED) is 0.513. The molecule has 1 amide bonds. The number of carboxylic acids is 1. The van der Waals surface area contributed by atoms with Crippen LogP contribution in [0, 0.1) is 0 Å². The van der Waals surface area contributed by atoms with Crippen molar-refractivity contribution in [3.8, 4) is 5.75 Å². The normalized spacial score (nSPS) is 10.8. The summed E-state index contributed by atoms with van der Waals surface area (Å²) in [5.74, 6) is -1.72. The standard InChI is InChI=1S/C6H5NO2.C5H10N2O3/c8-4-5-1-2-7-3-6(5)9;6-3(5(9)10)1-2-4(7)8/h1-4,9H;3H,1-2,6H2,(H2,7,8)(H,9,10)/t;3-/m.0/s1. The molecule has 0 saturated carbocycles. The molecule has 1 aromatic heterocycles. The Labute approximate surface area is 109 Å². The van der Waals surface area contributed by atoms with Crippen molar-refractivity contribution in [2.75, 3.05) is 0 Å². The highest BCUT2D eigenvalue weighted by Gasteiger charge is 2.11. The second kappa shape index (κ2) is 8.59. The minimum atomic E-state index is -1.11. The largest absolute Gasteiger partial charge is 0.506 e. The van der Waals surface area contributed by atoms with Crippen molar-refractivity contribution in [1.82, 2.24) is 4.98 Å². The summed E-state index contributed by atoms with van der Waals surface area (Å²) in [4.78, 5) is 33.8. The Balaban J connectivity index is 0.000000342. The number of pyridine rings is 1. The highest BCUT2D eigenvalue weighted by atomic mass is 16.4. The molecular weight excluding hydrogens is 254 g/mol. The number of hydrogen-bond donors (Lipinski definition) is 4. The average Bonchev–Trinajstić information content (AvgIpc) is 2.37. The molecule has 8 nitrogen and oxygen atoms in total. The van der Waals surface area contributed by atoms with Crippen LogP contribution in [0.25, 0.3) is 0 Å². The van der Waals surface area contributed by atoms with Gasteiger partial charge in [0.2, 0.25) is 5.91 Å². The molecule has 1 rings (SSSR count). The summed E-state index contributed by atoms with van der Waals surface area (Å²) in [6.45, 7) is 0. The maximum atomic E-state index is 10.1. The predicted octanol–water partition coefficient (Wildman–Crippen LogP) is -0.736. The van der Waals surface area contributed by atoms with E-state index in [1.807, 2.05) is 0 Å².